The first-order valence-corrected chi connectivity index (χ1v) is 6.32. The van der Waals surface area contributed by atoms with E-state index in [9.17, 15) is 0 Å². The number of nitrogens with zero attached hydrogens (tertiary/aromatic N) is 1. The Morgan fingerprint density at radius 1 is 1.53 bits per heavy atom. The van der Waals surface area contributed by atoms with E-state index >= 15 is 0 Å². The Morgan fingerprint density at radius 3 is 3.07 bits per heavy atom. The molecule has 0 bridgehead atoms. The molecule has 1 N–H and O–H groups in total. The van der Waals surface area contributed by atoms with Gasteiger partial charge in [-0.15, -0.1) is 11.8 Å². The largest absolute Gasteiger partial charge is 0.369 e. The van der Waals surface area contributed by atoms with Gasteiger partial charge in [0, 0.05) is 24.2 Å². The van der Waals surface area contributed by atoms with Crippen LogP contribution < -0.4 is 10.2 Å². The molecule has 0 aliphatic carbocycles. The van der Waals surface area contributed by atoms with Gasteiger partial charge in [-0.05, 0) is 31.7 Å². The molecule has 1 atom stereocenters. The highest BCUT2D eigenvalue weighted by atomic mass is 32.2. The van der Waals surface area contributed by atoms with Crippen LogP contribution in [0.3, 0.4) is 0 Å². The first-order chi connectivity index (χ1) is 7.22. The lowest BCUT2D eigenvalue weighted by molar-refractivity contribution is 0.629. The van der Waals surface area contributed by atoms with Crippen LogP contribution in [0.5, 0.6) is 0 Å². The fraction of sp³-hybridized carbons (Fsp3) is 0.500. The molecular weight excluding hydrogens is 204 g/mol. The minimum atomic E-state index is 0.607. The molecule has 0 amide bonds. The average molecular weight is 222 g/mol. The second kappa shape index (κ2) is 4.45. The molecule has 3 heteroatoms. The van der Waals surface area contributed by atoms with Crippen molar-refractivity contribution in [2.24, 2.45) is 0 Å². The van der Waals surface area contributed by atoms with Gasteiger partial charge in [0.25, 0.3) is 0 Å². The summed E-state index contributed by atoms with van der Waals surface area (Å²) in [5, 5.41) is 3.26. The highest BCUT2D eigenvalue weighted by Gasteiger charge is 2.22. The molecule has 0 spiro atoms. The van der Waals surface area contributed by atoms with Crippen molar-refractivity contribution in [1.82, 2.24) is 5.32 Å². The number of hydrogen-bond acceptors (Lipinski definition) is 3. The van der Waals surface area contributed by atoms with Crippen LogP contribution in [0.4, 0.5) is 5.69 Å². The third-order valence-corrected chi connectivity index (χ3v) is 4.10. The Hall–Kier alpha value is -0.670. The number of benzene rings is 1. The quantitative estimate of drug-likeness (QED) is 0.825. The Balaban J connectivity index is 2.26. The van der Waals surface area contributed by atoms with E-state index in [0.717, 1.165) is 6.54 Å². The summed E-state index contributed by atoms with van der Waals surface area (Å²) < 4.78 is 0. The number of thioether (sulfide) groups is 1. The van der Waals surface area contributed by atoms with Crippen molar-refractivity contribution in [1.29, 1.82) is 0 Å². The van der Waals surface area contributed by atoms with E-state index in [1.165, 1.54) is 21.9 Å². The van der Waals surface area contributed by atoms with Crippen molar-refractivity contribution in [3.8, 4) is 0 Å². The fourth-order valence-electron chi connectivity index (χ4n) is 1.95. The molecular formula is C12H18N2S. The Kier molecular flexibility index (Phi) is 3.22. The van der Waals surface area contributed by atoms with Gasteiger partial charge in [-0.2, -0.15) is 0 Å². The number of rotatable bonds is 2. The van der Waals surface area contributed by atoms with Gasteiger partial charge in [0.15, 0.2) is 0 Å². The number of hydrogen-bond donors (Lipinski definition) is 1. The SMILES string of the molecule is CNCC1CSc2cc(C)ccc2N1C. The molecule has 2 rings (SSSR count). The van der Waals surface area contributed by atoms with Gasteiger partial charge in [-0.3, -0.25) is 0 Å². The van der Waals surface area contributed by atoms with Gasteiger partial charge >= 0.3 is 0 Å². The number of fused-ring (bicyclic) bond motifs is 1. The minimum Gasteiger partial charge on any atom is -0.369 e. The van der Waals surface area contributed by atoms with E-state index < -0.39 is 0 Å². The van der Waals surface area contributed by atoms with Crippen LogP contribution in [0, 0.1) is 6.92 Å². The maximum atomic E-state index is 3.26. The summed E-state index contributed by atoms with van der Waals surface area (Å²) in [6, 6.07) is 7.32. The second-order valence-corrected chi connectivity index (χ2v) is 5.17. The lowest BCUT2D eigenvalue weighted by atomic mass is 10.2. The lowest BCUT2D eigenvalue weighted by Gasteiger charge is -2.35. The summed E-state index contributed by atoms with van der Waals surface area (Å²) in [4.78, 5) is 3.81. The van der Waals surface area contributed by atoms with Gasteiger partial charge in [-0.25, -0.2) is 0 Å². The van der Waals surface area contributed by atoms with Gasteiger partial charge in [0.2, 0.25) is 0 Å². The van der Waals surface area contributed by atoms with Crippen molar-refractivity contribution >= 4 is 17.4 Å². The van der Waals surface area contributed by atoms with Crippen LogP contribution in [-0.2, 0) is 0 Å². The average Bonchev–Trinajstić information content (AvgIpc) is 2.22. The van der Waals surface area contributed by atoms with Crippen LogP contribution in [0.1, 0.15) is 5.56 Å². The third kappa shape index (κ3) is 2.13. The van der Waals surface area contributed by atoms with Crippen molar-refractivity contribution < 1.29 is 0 Å². The first kappa shape index (κ1) is 10.8. The van der Waals surface area contributed by atoms with Crippen LogP contribution in [-0.4, -0.2) is 32.4 Å². The van der Waals surface area contributed by atoms with Crippen LogP contribution in [0.15, 0.2) is 23.1 Å². The molecule has 1 aromatic carbocycles. The van der Waals surface area contributed by atoms with Crippen molar-refractivity contribution in [2.45, 2.75) is 17.9 Å². The molecule has 82 valence electrons. The van der Waals surface area contributed by atoms with E-state index in [1.54, 1.807) is 0 Å². The van der Waals surface area contributed by atoms with Crippen molar-refractivity contribution in [3.05, 3.63) is 23.8 Å². The molecule has 1 unspecified atom stereocenters. The number of nitrogens with one attached hydrogen (secondary N) is 1. The van der Waals surface area contributed by atoms with Crippen molar-refractivity contribution in [2.75, 3.05) is 31.3 Å². The maximum Gasteiger partial charge on any atom is 0.0505 e. The van der Waals surface area contributed by atoms with Crippen LogP contribution >= 0.6 is 11.8 Å². The third-order valence-electron chi connectivity index (χ3n) is 2.91. The zero-order chi connectivity index (χ0) is 10.8. The van der Waals surface area contributed by atoms with E-state index in [-0.39, 0.29) is 0 Å². The van der Waals surface area contributed by atoms with E-state index in [0.29, 0.717) is 6.04 Å². The summed E-state index contributed by atoms with van der Waals surface area (Å²) in [5.74, 6) is 1.17. The molecule has 2 nitrogen and oxygen atoms in total. The number of aryl methyl sites for hydroxylation is 1. The summed E-state index contributed by atoms with van der Waals surface area (Å²) in [5.41, 5.74) is 2.72. The van der Waals surface area contributed by atoms with Gasteiger partial charge in [0.1, 0.15) is 0 Å². The standard InChI is InChI=1S/C12H18N2S/c1-9-4-5-11-12(6-9)15-8-10(7-13-2)14(11)3/h4-6,10,13H,7-8H2,1-3H3. The Labute approximate surface area is 96.0 Å². The van der Waals surface area contributed by atoms with Gasteiger partial charge in [-0.1, -0.05) is 6.07 Å². The molecule has 15 heavy (non-hydrogen) atoms. The Morgan fingerprint density at radius 2 is 2.33 bits per heavy atom. The van der Waals surface area contributed by atoms with E-state index in [1.807, 2.05) is 18.8 Å². The summed E-state index contributed by atoms with van der Waals surface area (Å²) in [7, 11) is 4.21. The molecule has 1 heterocycles. The fourth-order valence-corrected chi connectivity index (χ4v) is 3.30. The van der Waals surface area contributed by atoms with Crippen LogP contribution in [0.2, 0.25) is 0 Å². The van der Waals surface area contributed by atoms with E-state index in [2.05, 4.69) is 42.4 Å². The molecule has 0 aromatic heterocycles. The second-order valence-electron chi connectivity index (χ2n) is 4.10. The predicted octanol–water partition coefficient (Wildman–Crippen LogP) is 2.12. The number of anilines is 1. The molecule has 0 fully saturated rings. The smallest absolute Gasteiger partial charge is 0.0505 e. The lowest BCUT2D eigenvalue weighted by Crippen LogP contribution is -2.43. The highest BCUT2D eigenvalue weighted by molar-refractivity contribution is 7.99. The van der Waals surface area contributed by atoms with Gasteiger partial charge in [0.05, 0.1) is 11.7 Å². The maximum absolute atomic E-state index is 3.26. The monoisotopic (exact) mass is 222 g/mol. The zero-order valence-electron chi connectivity index (χ0n) is 9.58. The topological polar surface area (TPSA) is 15.3 Å². The number of likely N-dealkylation sites (N-methyl/N-ethyl adjacent to an activating group) is 2. The molecule has 0 radical (unpaired) electrons. The van der Waals surface area contributed by atoms with Crippen LogP contribution in [0.25, 0.3) is 0 Å². The molecule has 0 saturated heterocycles. The predicted molar refractivity (Wildman–Crippen MR) is 68.0 cm³/mol. The molecule has 1 aromatic rings. The van der Waals surface area contributed by atoms with Crippen molar-refractivity contribution in [3.63, 3.8) is 0 Å². The molecule has 0 saturated carbocycles. The summed E-state index contributed by atoms with van der Waals surface area (Å²) >= 11 is 1.97. The summed E-state index contributed by atoms with van der Waals surface area (Å²) in [6.45, 7) is 3.21. The normalized spacial score (nSPS) is 20.2. The molecule has 1 aliphatic heterocycles. The Bertz CT molecular complexity index is 351. The van der Waals surface area contributed by atoms with Gasteiger partial charge < -0.3 is 10.2 Å². The summed E-state index contributed by atoms with van der Waals surface area (Å²) in [6.07, 6.45) is 0. The van der Waals surface area contributed by atoms with E-state index in [4.69, 9.17) is 0 Å². The minimum absolute atomic E-state index is 0.607. The molecule has 1 aliphatic rings. The first-order valence-electron chi connectivity index (χ1n) is 5.33. The highest BCUT2D eigenvalue weighted by Crippen LogP contribution is 2.36. The zero-order valence-corrected chi connectivity index (χ0v) is 10.4.